The van der Waals surface area contributed by atoms with Gasteiger partial charge < -0.3 is 9.42 Å². The minimum atomic E-state index is -0.464. The summed E-state index contributed by atoms with van der Waals surface area (Å²) in [5.74, 6) is 0.791. The Hall–Kier alpha value is -3.55. The highest BCUT2D eigenvalue weighted by Gasteiger charge is 2.16. The monoisotopic (exact) mass is 408 g/mol. The molecule has 156 valence electrons. The van der Waals surface area contributed by atoms with Crippen LogP contribution in [-0.4, -0.2) is 39.0 Å². The van der Waals surface area contributed by atoms with Crippen molar-refractivity contribution in [1.29, 1.82) is 0 Å². The van der Waals surface area contributed by atoms with Gasteiger partial charge in [-0.25, -0.2) is 0 Å². The summed E-state index contributed by atoms with van der Waals surface area (Å²) >= 11 is 0. The molecule has 0 aliphatic rings. The second kappa shape index (κ2) is 10.3. The minimum Gasteiger partial charge on any atom is -0.342 e. The molecule has 0 aliphatic carbocycles. The molecule has 30 heavy (non-hydrogen) atoms. The van der Waals surface area contributed by atoms with Crippen molar-refractivity contribution in [3.63, 3.8) is 0 Å². The predicted octanol–water partition coefficient (Wildman–Crippen LogP) is 4.06. The van der Waals surface area contributed by atoms with Crippen LogP contribution < -0.4 is 0 Å². The van der Waals surface area contributed by atoms with Crippen molar-refractivity contribution in [3.8, 4) is 11.4 Å². The quantitative estimate of drug-likeness (QED) is 0.370. The molecule has 0 atom stereocenters. The van der Waals surface area contributed by atoms with E-state index in [1.807, 2.05) is 42.2 Å². The SMILES string of the molecule is CCCN(CCc1nc(-c2cccc([N+](=O)[O-])c2)no1)C(=O)CCc1ccccc1. The van der Waals surface area contributed by atoms with E-state index in [-0.39, 0.29) is 11.6 Å². The van der Waals surface area contributed by atoms with Gasteiger partial charge in [-0.3, -0.25) is 14.9 Å². The Morgan fingerprint density at radius 2 is 1.90 bits per heavy atom. The molecule has 1 amide bonds. The molecule has 1 heterocycles. The normalized spacial score (nSPS) is 10.7. The highest BCUT2D eigenvalue weighted by Crippen LogP contribution is 2.21. The number of nitro groups is 1. The molecule has 0 N–H and O–H groups in total. The van der Waals surface area contributed by atoms with Crippen molar-refractivity contribution >= 4 is 11.6 Å². The van der Waals surface area contributed by atoms with Crippen LogP contribution in [0.2, 0.25) is 0 Å². The van der Waals surface area contributed by atoms with Crippen LogP contribution in [0, 0.1) is 10.1 Å². The molecule has 1 aromatic heterocycles. The molecule has 0 aliphatic heterocycles. The lowest BCUT2D eigenvalue weighted by atomic mass is 10.1. The number of rotatable bonds is 10. The highest BCUT2D eigenvalue weighted by atomic mass is 16.6. The fraction of sp³-hybridized carbons (Fsp3) is 0.318. The molecule has 2 aromatic carbocycles. The van der Waals surface area contributed by atoms with Gasteiger partial charge in [-0.15, -0.1) is 0 Å². The predicted molar refractivity (Wildman–Crippen MR) is 112 cm³/mol. The first-order valence-corrected chi connectivity index (χ1v) is 9.96. The van der Waals surface area contributed by atoms with Gasteiger partial charge in [-0.1, -0.05) is 54.5 Å². The van der Waals surface area contributed by atoms with Crippen LogP contribution in [0.5, 0.6) is 0 Å². The molecule has 0 bridgehead atoms. The van der Waals surface area contributed by atoms with Gasteiger partial charge in [0.2, 0.25) is 17.6 Å². The number of carbonyl (C=O) groups is 1. The minimum absolute atomic E-state index is 0.0306. The summed E-state index contributed by atoms with van der Waals surface area (Å²) in [4.78, 5) is 29.3. The number of carbonyl (C=O) groups excluding carboxylic acids is 1. The van der Waals surface area contributed by atoms with E-state index in [0.29, 0.717) is 49.6 Å². The van der Waals surface area contributed by atoms with Crippen molar-refractivity contribution in [2.75, 3.05) is 13.1 Å². The smallest absolute Gasteiger partial charge is 0.270 e. The number of nitro benzene ring substituents is 1. The molecule has 0 fully saturated rings. The topological polar surface area (TPSA) is 102 Å². The van der Waals surface area contributed by atoms with Crippen molar-refractivity contribution in [1.82, 2.24) is 15.0 Å². The molecule has 3 aromatic rings. The first-order valence-electron chi connectivity index (χ1n) is 9.96. The molecule has 0 radical (unpaired) electrons. The van der Waals surface area contributed by atoms with E-state index in [9.17, 15) is 14.9 Å². The molecular formula is C22H24N4O4. The molecule has 0 spiro atoms. The van der Waals surface area contributed by atoms with Crippen molar-refractivity contribution in [3.05, 3.63) is 76.2 Å². The first kappa shape index (κ1) is 21.2. The van der Waals surface area contributed by atoms with E-state index >= 15 is 0 Å². The summed E-state index contributed by atoms with van der Waals surface area (Å²) in [5.41, 5.74) is 1.63. The Morgan fingerprint density at radius 1 is 1.10 bits per heavy atom. The third kappa shape index (κ3) is 5.73. The van der Waals surface area contributed by atoms with Gasteiger partial charge >= 0.3 is 0 Å². The number of hydrogen-bond donors (Lipinski definition) is 0. The fourth-order valence-corrected chi connectivity index (χ4v) is 3.15. The third-order valence-corrected chi connectivity index (χ3v) is 4.70. The number of benzene rings is 2. The largest absolute Gasteiger partial charge is 0.342 e. The van der Waals surface area contributed by atoms with Gasteiger partial charge in [0.15, 0.2) is 0 Å². The van der Waals surface area contributed by atoms with Crippen LogP contribution in [0.1, 0.15) is 31.2 Å². The van der Waals surface area contributed by atoms with Crippen LogP contribution in [-0.2, 0) is 17.6 Å². The maximum Gasteiger partial charge on any atom is 0.270 e. The molecular weight excluding hydrogens is 384 g/mol. The van der Waals surface area contributed by atoms with Gasteiger partial charge in [0.1, 0.15) is 0 Å². The second-order valence-corrected chi connectivity index (χ2v) is 6.94. The van der Waals surface area contributed by atoms with E-state index in [1.54, 1.807) is 12.1 Å². The van der Waals surface area contributed by atoms with Gasteiger partial charge in [0, 0.05) is 43.6 Å². The molecule has 0 saturated heterocycles. The third-order valence-electron chi connectivity index (χ3n) is 4.70. The standard InChI is InChI=1S/C22H24N4O4/c1-2-14-25(21(27)12-11-17-7-4-3-5-8-17)15-13-20-23-22(24-30-20)18-9-6-10-19(16-18)26(28)29/h3-10,16H,2,11-15H2,1H3. The number of aromatic nitrogens is 2. The summed E-state index contributed by atoms with van der Waals surface area (Å²) in [7, 11) is 0. The number of hydrogen-bond acceptors (Lipinski definition) is 6. The number of non-ortho nitro benzene ring substituents is 1. The molecule has 8 heteroatoms. The first-order chi connectivity index (χ1) is 14.6. The molecule has 0 unspecified atom stereocenters. The number of amides is 1. The fourth-order valence-electron chi connectivity index (χ4n) is 3.15. The van der Waals surface area contributed by atoms with Crippen LogP contribution >= 0.6 is 0 Å². The average molecular weight is 408 g/mol. The summed E-state index contributed by atoms with van der Waals surface area (Å²) in [5, 5.41) is 14.9. The van der Waals surface area contributed by atoms with Crippen LogP contribution in [0.4, 0.5) is 5.69 Å². The lowest BCUT2D eigenvalue weighted by molar-refractivity contribution is -0.384. The Kier molecular flexibility index (Phi) is 7.26. The van der Waals surface area contributed by atoms with E-state index in [0.717, 1.165) is 12.0 Å². The number of nitrogens with zero attached hydrogens (tertiary/aromatic N) is 4. The lowest BCUT2D eigenvalue weighted by Gasteiger charge is -2.21. The van der Waals surface area contributed by atoms with Crippen LogP contribution in [0.3, 0.4) is 0 Å². The maximum atomic E-state index is 12.7. The Labute approximate surface area is 174 Å². The Balaban J connectivity index is 1.59. The van der Waals surface area contributed by atoms with Gasteiger partial charge in [-0.05, 0) is 18.4 Å². The lowest BCUT2D eigenvalue weighted by Crippen LogP contribution is -2.33. The Bertz CT molecular complexity index is 988. The average Bonchev–Trinajstić information content (AvgIpc) is 3.25. The van der Waals surface area contributed by atoms with E-state index in [2.05, 4.69) is 10.1 Å². The second-order valence-electron chi connectivity index (χ2n) is 6.94. The summed E-state index contributed by atoms with van der Waals surface area (Å²) < 4.78 is 5.29. The zero-order chi connectivity index (χ0) is 21.3. The van der Waals surface area contributed by atoms with Crippen molar-refractivity contribution in [2.45, 2.75) is 32.6 Å². The highest BCUT2D eigenvalue weighted by molar-refractivity contribution is 5.76. The number of aryl methyl sites for hydroxylation is 1. The van der Waals surface area contributed by atoms with Crippen molar-refractivity contribution in [2.24, 2.45) is 0 Å². The van der Waals surface area contributed by atoms with Crippen molar-refractivity contribution < 1.29 is 14.2 Å². The summed E-state index contributed by atoms with van der Waals surface area (Å²) in [6, 6.07) is 16.0. The molecule has 0 saturated carbocycles. The van der Waals surface area contributed by atoms with E-state index < -0.39 is 4.92 Å². The van der Waals surface area contributed by atoms with Crippen LogP contribution in [0.15, 0.2) is 59.1 Å². The zero-order valence-corrected chi connectivity index (χ0v) is 16.9. The zero-order valence-electron chi connectivity index (χ0n) is 16.9. The van der Waals surface area contributed by atoms with E-state index in [1.165, 1.54) is 12.1 Å². The van der Waals surface area contributed by atoms with Gasteiger partial charge in [-0.2, -0.15) is 4.98 Å². The molecule has 3 rings (SSSR count). The Morgan fingerprint density at radius 3 is 2.63 bits per heavy atom. The summed E-state index contributed by atoms with van der Waals surface area (Å²) in [6.07, 6.45) is 2.45. The van der Waals surface area contributed by atoms with Gasteiger partial charge in [0.25, 0.3) is 5.69 Å². The van der Waals surface area contributed by atoms with Crippen LogP contribution in [0.25, 0.3) is 11.4 Å². The molecule has 8 nitrogen and oxygen atoms in total. The van der Waals surface area contributed by atoms with Gasteiger partial charge in [0.05, 0.1) is 4.92 Å². The maximum absolute atomic E-state index is 12.7. The summed E-state index contributed by atoms with van der Waals surface area (Å²) in [6.45, 7) is 3.18. The van der Waals surface area contributed by atoms with E-state index in [4.69, 9.17) is 4.52 Å².